The van der Waals surface area contributed by atoms with Crippen molar-refractivity contribution in [3.05, 3.63) is 17.6 Å². The van der Waals surface area contributed by atoms with Crippen LogP contribution in [-0.4, -0.2) is 17.1 Å². The first-order chi connectivity index (χ1) is 7.18. The number of methoxy groups -OCH3 is 1. The zero-order valence-electron chi connectivity index (χ0n) is 10.8. The maximum atomic E-state index is 14.1. The van der Waals surface area contributed by atoms with Gasteiger partial charge in [0.2, 0.25) is 5.88 Å². The van der Waals surface area contributed by atoms with Crippen LogP contribution in [0.4, 0.5) is 4.39 Å². The van der Waals surface area contributed by atoms with Gasteiger partial charge in [0.1, 0.15) is 12.0 Å². The van der Waals surface area contributed by atoms with Crippen molar-refractivity contribution in [3.63, 3.8) is 0 Å². The van der Waals surface area contributed by atoms with Crippen LogP contribution in [0.2, 0.25) is 0 Å². The van der Waals surface area contributed by atoms with Crippen molar-refractivity contribution in [3.8, 4) is 5.88 Å². The van der Waals surface area contributed by atoms with Gasteiger partial charge >= 0.3 is 0 Å². The van der Waals surface area contributed by atoms with E-state index in [0.29, 0.717) is 11.6 Å². The molecule has 4 heteroatoms. The van der Waals surface area contributed by atoms with Crippen molar-refractivity contribution in [2.75, 3.05) is 7.11 Å². The summed E-state index contributed by atoms with van der Waals surface area (Å²) < 4.78 is 19.3. The average Bonchev–Trinajstić information content (AvgIpc) is 2.13. The molecule has 1 heterocycles. The molecule has 0 unspecified atom stereocenters. The summed E-state index contributed by atoms with van der Waals surface area (Å²) in [6, 6.07) is 0. The first-order valence-corrected chi connectivity index (χ1v) is 5.26. The van der Waals surface area contributed by atoms with Crippen LogP contribution in [0.1, 0.15) is 45.9 Å². The van der Waals surface area contributed by atoms with Gasteiger partial charge in [-0.15, -0.1) is 0 Å². The van der Waals surface area contributed by atoms with E-state index < -0.39 is 5.67 Å². The molecule has 1 rings (SSSR count). The van der Waals surface area contributed by atoms with Gasteiger partial charge in [-0.3, -0.25) is 0 Å². The van der Waals surface area contributed by atoms with Crippen molar-refractivity contribution in [2.45, 2.75) is 45.7 Å². The van der Waals surface area contributed by atoms with Gasteiger partial charge in [0.05, 0.1) is 12.8 Å². The topological polar surface area (TPSA) is 35.0 Å². The van der Waals surface area contributed by atoms with E-state index in [1.165, 1.54) is 27.3 Å². The van der Waals surface area contributed by atoms with Crippen LogP contribution in [-0.2, 0) is 11.1 Å². The summed E-state index contributed by atoms with van der Waals surface area (Å²) in [5.41, 5.74) is -0.638. The Hall–Kier alpha value is -1.19. The van der Waals surface area contributed by atoms with E-state index in [9.17, 15) is 4.39 Å². The molecule has 0 aliphatic rings. The largest absolute Gasteiger partial charge is 0.481 e. The molecule has 0 radical (unpaired) electrons. The number of alkyl halides is 1. The molecule has 0 saturated heterocycles. The molecule has 0 saturated carbocycles. The lowest BCUT2D eigenvalue weighted by atomic mass is 9.83. The van der Waals surface area contributed by atoms with Crippen LogP contribution in [0.15, 0.2) is 6.33 Å². The van der Waals surface area contributed by atoms with Crippen molar-refractivity contribution in [2.24, 2.45) is 0 Å². The molecule has 0 fully saturated rings. The fraction of sp³-hybridized carbons (Fsp3) is 0.667. The number of ether oxygens (including phenoxy) is 1. The lowest BCUT2D eigenvalue weighted by Gasteiger charge is -2.27. The van der Waals surface area contributed by atoms with E-state index >= 15 is 0 Å². The van der Waals surface area contributed by atoms with Gasteiger partial charge in [-0.2, -0.15) is 0 Å². The molecule has 0 aliphatic carbocycles. The van der Waals surface area contributed by atoms with E-state index in [1.807, 2.05) is 20.8 Å². The third-order valence-corrected chi connectivity index (χ3v) is 2.32. The van der Waals surface area contributed by atoms with Crippen molar-refractivity contribution in [1.82, 2.24) is 9.97 Å². The van der Waals surface area contributed by atoms with Gasteiger partial charge in [0.15, 0.2) is 0 Å². The molecule has 16 heavy (non-hydrogen) atoms. The van der Waals surface area contributed by atoms with Crippen LogP contribution in [0.25, 0.3) is 0 Å². The first kappa shape index (κ1) is 12.9. The molecule has 0 bridgehead atoms. The number of aromatic nitrogens is 2. The van der Waals surface area contributed by atoms with Gasteiger partial charge in [-0.25, -0.2) is 14.4 Å². The highest BCUT2D eigenvalue weighted by Crippen LogP contribution is 2.37. The first-order valence-electron chi connectivity index (χ1n) is 5.26. The maximum Gasteiger partial charge on any atom is 0.220 e. The molecular formula is C12H19FN2O. The minimum absolute atomic E-state index is 0.259. The van der Waals surface area contributed by atoms with E-state index in [-0.39, 0.29) is 5.41 Å². The fourth-order valence-electron chi connectivity index (χ4n) is 1.65. The zero-order chi connectivity index (χ0) is 12.6. The van der Waals surface area contributed by atoms with E-state index in [2.05, 4.69) is 9.97 Å². The highest BCUT2D eigenvalue weighted by molar-refractivity contribution is 5.38. The molecule has 90 valence electrons. The number of hydrogen-bond donors (Lipinski definition) is 0. The summed E-state index contributed by atoms with van der Waals surface area (Å²) in [6.07, 6.45) is 1.34. The van der Waals surface area contributed by atoms with Gasteiger partial charge in [0, 0.05) is 5.56 Å². The van der Waals surface area contributed by atoms with E-state index in [1.54, 1.807) is 0 Å². The number of nitrogens with zero attached hydrogens (tertiary/aromatic N) is 2. The number of hydrogen-bond acceptors (Lipinski definition) is 3. The molecule has 0 aromatic carbocycles. The second-order valence-corrected chi connectivity index (χ2v) is 5.33. The predicted octanol–water partition coefficient (Wildman–Crippen LogP) is 2.99. The summed E-state index contributed by atoms with van der Waals surface area (Å²) >= 11 is 0. The van der Waals surface area contributed by atoms with E-state index in [0.717, 1.165) is 5.56 Å². The Kier molecular flexibility index (Phi) is 3.22. The van der Waals surface area contributed by atoms with Gasteiger partial charge in [-0.1, -0.05) is 20.8 Å². The quantitative estimate of drug-likeness (QED) is 0.777. The zero-order valence-corrected chi connectivity index (χ0v) is 10.8. The molecule has 0 atom stereocenters. The molecular weight excluding hydrogens is 207 g/mol. The summed E-state index contributed by atoms with van der Waals surface area (Å²) in [7, 11) is 1.53. The Morgan fingerprint density at radius 2 is 1.69 bits per heavy atom. The summed E-state index contributed by atoms with van der Waals surface area (Å²) in [4.78, 5) is 8.10. The summed E-state index contributed by atoms with van der Waals surface area (Å²) in [5, 5.41) is 0. The lowest BCUT2D eigenvalue weighted by Crippen LogP contribution is -2.24. The summed E-state index contributed by atoms with van der Waals surface area (Å²) in [5.74, 6) is 0.447. The highest BCUT2D eigenvalue weighted by Gasteiger charge is 2.33. The van der Waals surface area contributed by atoms with E-state index in [4.69, 9.17) is 4.74 Å². The van der Waals surface area contributed by atoms with Crippen molar-refractivity contribution in [1.29, 1.82) is 0 Å². The highest BCUT2D eigenvalue weighted by atomic mass is 19.1. The van der Waals surface area contributed by atoms with Gasteiger partial charge in [-0.05, 0) is 19.3 Å². The van der Waals surface area contributed by atoms with Crippen LogP contribution < -0.4 is 4.74 Å². The molecule has 0 aliphatic heterocycles. The molecule has 0 amide bonds. The second kappa shape index (κ2) is 4.00. The molecule has 1 aromatic heterocycles. The summed E-state index contributed by atoms with van der Waals surface area (Å²) in [6.45, 7) is 8.95. The normalized spacial score (nSPS) is 12.7. The van der Waals surface area contributed by atoms with Crippen LogP contribution in [0.3, 0.4) is 0 Å². The monoisotopic (exact) mass is 226 g/mol. The Bertz CT molecular complexity index is 378. The minimum Gasteiger partial charge on any atom is -0.481 e. The van der Waals surface area contributed by atoms with Crippen LogP contribution in [0.5, 0.6) is 5.88 Å². The average molecular weight is 226 g/mol. The van der Waals surface area contributed by atoms with Crippen molar-refractivity contribution < 1.29 is 9.13 Å². The maximum absolute atomic E-state index is 14.1. The number of halogens is 1. The SMILES string of the molecule is COc1ncnc(C(C)(C)F)c1C(C)(C)C. The standard InChI is InChI=1S/C12H19FN2O/c1-11(2,3)8-9(12(4,5)13)14-7-15-10(8)16-6/h7H,1-6H3. The molecule has 0 spiro atoms. The molecule has 3 nitrogen and oxygen atoms in total. The van der Waals surface area contributed by atoms with Gasteiger partial charge in [0.25, 0.3) is 0 Å². The Morgan fingerprint density at radius 1 is 1.12 bits per heavy atom. The van der Waals surface area contributed by atoms with Crippen molar-refractivity contribution >= 4 is 0 Å². The minimum atomic E-state index is -1.50. The van der Waals surface area contributed by atoms with Gasteiger partial charge < -0.3 is 4.74 Å². The Balaban J connectivity index is 3.51. The fourth-order valence-corrected chi connectivity index (χ4v) is 1.65. The smallest absolute Gasteiger partial charge is 0.220 e. The number of rotatable bonds is 2. The Morgan fingerprint density at radius 3 is 2.06 bits per heavy atom. The lowest BCUT2D eigenvalue weighted by molar-refractivity contribution is 0.207. The van der Waals surface area contributed by atoms with Crippen LogP contribution in [0, 0.1) is 0 Å². The second-order valence-electron chi connectivity index (χ2n) is 5.33. The van der Waals surface area contributed by atoms with Crippen LogP contribution >= 0.6 is 0 Å². The molecule has 0 N–H and O–H groups in total. The predicted molar refractivity (Wildman–Crippen MR) is 61.4 cm³/mol. The third kappa shape index (κ3) is 2.49. The third-order valence-electron chi connectivity index (χ3n) is 2.32. The Labute approximate surface area is 96.1 Å². The molecule has 1 aromatic rings.